The van der Waals surface area contributed by atoms with Crippen LogP contribution in [0.4, 0.5) is 34.1 Å². The molecule has 0 N–H and O–H groups in total. The molecule has 0 bridgehead atoms. The second kappa shape index (κ2) is 10.1. The van der Waals surface area contributed by atoms with E-state index in [0.29, 0.717) is 0 Å². The van der Waals surface area contributed by atoms with Gasteiger partial charge in [-0.2, -0.15) is 0 Å². The van der Waals surface area contributed by atoms with Crippen molar-refractivity contribution in [2.45, 2.75) is 19.3 Å². The summed E-state index contributed by atoms with van der Waals surface area (Å²) < 4.78 is 6.62. The minimum atomic E-state index is -0.198. The van der Waals surface area contributed by atoms with E-state index in [9.17, 15) is 0 Å². The Morgan fingerprint density at radius 3 is 1.87 bits per heavy atom. The van der Waals surface area contributed by atoms with Gasteiger partial charge in [-0.25, -0.2) is 0 Å². The molecule has 0 unspecified atom stereocenters. The highest BCUT2D eigenvalue weighted by molar-refractivity contribution is 6.06. The number of fused-ring (bicyclic) bond motifs is 6. The highest BCUT2D eigenvalue weighted by Gasteiger charge is 2.42. The van der Waals surface area contributed by atoms with Gasteiger partial charge in [0.2, 0.25) is 0 Å². The molecule has 0 atom stereocenters. The maximum Gasteiger partial charge on any atom is 0.152 e. The first-order valence-electron chi connectivity index (χ1n) is 15.9. The van der Waals surface area contributed by atoms with E-state index >= 15 is 0 Å². The summed E-state index contributed by atoms with van der Waals surface area (Å²) in [7, 11) is 0. The van der Waals surface area contributed by atoms with Gasteiger partial charge in [-0.1, -0.05) is 117 Å². The molecule has 220 valence electrons. The Hall–Kier alpha value is -5.80. The Labute approximate surface area is 269 Å². The number of ether oxygens (including phenoxy) is 1. The van der Waals surface area contributed by atoms with Crippen molar-refractivity contribution >= 4 is 44.9 Å². The Kier molecular flexibility index (Phi) is 5.85. The first-order valence-corrected chi connectivity index (χ1v) is 15.9. The third-order valence-electron chi connectivity index (χ3n) is 9.60. The molecule has 9 rings (SSSR count). The summed E-state index contributed by atoms with van der Waals surface area (Å²) in [6, 6.07) is 56.3. The van der Waals surface area contributed by atoms with E-state index in [1.165, 1.54) is 38.7 Å². The van der Waals surface area contributed by atoms with Gasteiger partial charge in [-0.3, -0.25) is 0 Å². The first kappa shape index (κ1) is 26.6. The Morgan fingerprint density at radius 2 is 1.13 bits per heavy atom. The molecule has 7 aromatic rings. The lowest BCUT2D eigenvalue weighted by atomic mass is 9.72. The van der Waals surface area contributed by atoms with Crippen LogP contribution in [0.25, 0.3) is 21.9 Å². The summed E-state index contributed by atoms with van der Waals surface area (Å²) in [4.78, 5) is 4.75. The van der Waals surface area contributed by atoms with Crippen molar-refractivity contribution < 1.29 is 4.74 Å². The van der Waals surface area contributed by atoms with Crippen LogP contribution in [0.15, 0.2) is 158 Å². The molecular weight excluding hydrogens is 560 g/mol. The van der Waals surface area contributed by atoms with E-state index < -0.39 is 0 Å². The van der Waals surface area contributed by atoms with Gasteiger partial charge in [0.25, 0.3) is 0 Å². The number of para-hydroxylation sites is 3. The largest absolute Gasteiger partial charge is 0.453 e. The number of anilines is 6. The molecule has 0 saturated heterocycles. The minimum Gasteiger partial charge on any atom is -0.453 e. The van der Waals surface area contributed by atoms with Gasteiger partial charge in [-0.05, 0) is 82.2 Å². The van der Waals surface area contributed by atoms with Gasteiger partial charge in [0.15, 0.2) is 11.5 Å². The average molecular weight is 593 g/mol. The number of hydrogen-bond donors (Lipinski definition) is 0. The SMILES string of the molecule is CC1(C)c2ccc(-c3ccc(N(c4ccccc4)c4ccccc4)cc3)cc2N2c3c(cccc31)Oc1ccc3ccccc3c12. The molecule has 46 heavy (non-hydrogen) atoms. The van der Waals surface area contributed by atoms with Crippen LogP contribution in [0, 0.1) is 0 Å². The first-order chi connectivity index (χ1) is 22.6. The van der Waals surface area contributed by atoms with Crippen LogP contribution in [0.1, 0.15) is 25.0 Å². The zero-order valence-electron chi connectivity index (χ0n) is 25.8. The lowest BCUT2D eigenvalue weighted by Crippen LogP contribution is -2.32. The lowest BCUT2D eigenvalue weighted by Gasteiger charge is -2.45. The van der Waals surface area contributed by atoms with Crippen molar-refractivity contribution in [3.8, 4) is 22.6 Å². The molecule has 0 radical (unpaired) electrons. The minimum absolute atomic E-state index is 0.198. The summed E-state index contributed by atoms with van der Waals surface area (Å²) in [6.07, 6.45) is 0. The van der Waals surface area contributed by atoms with Crippen LogP contribution in [-0.4, -0.2) is 0 Å². The van der Waals surface area contributed by atoms with Crippen molar-refractivity contribution in [1.29, 1.82) is 0 Å². The number of rotatable bonds is 4. The molecule has 2 aliphatic heterocycles. The fourth-order valence-corrected chi connectivity index (χ4v) is 7.33. The second-order valence-corrected chi connectivity index (χ2v) is 12.6. The van der Waals surface area contributed by atoms with E-state index in [1.54, 1.807) is 0 Å². The normalized spacial score (nSPS) is 13.7. The van der Waals surface area contributed by atoms with Crippen LogP contribution in [0.2, 0.25) is 0 Å². The Bertz CT molecular complexity index is 2220. The summed E-state index contributed by atoms with van der Waals surface area (Å²) in [5, 5.41) is 2.38. The summed E-state index contributed by atoms with van der Waals surface area (Å²) >= 11 is 0. The van der Waals surface area contributed by atoms with Gasteiger partial charge < -0.3 is 14.5 Å². The van der Waals surface area contributed by atoms with Gasteiger partial charge in [0, 0.05) is 27.9 Å². The fourth-order valence-electron chi connectivity index (χ4n) is 7.33. The summed E-state index contributed by atoms with van der Waals surface area (Å²) in [5.74, 6) is 1.78. The standard InChI is InChI=1S/C43H32N2O/c1-43(2)36-26-22-31(29-20-24-34(25-21-29)44(32-13-5-3-6-14-32)33-15-7-4-8-16-33)28-38(36)45-41-35-17-10-9-12-30(35)23-27-40(41)46-39-19-11-18-37(43)42(39)45/h3-28H,1-2H3. The molecule has 3 nitrogen and oxygen atoms in total. The smallest absolute Gasteiger partial charge is 0.152 e. The van der Waals surface area contributed by atoms with E-state index in [2.05, 4.69) is 181 Å². The Morgan fingerprint density at radius 1 is 0.500 bits per heavy atom. The zero-order valence-corrected chi connectivity index (χ0v) is 25.8. The molecule has 0 aliphatic carbocycles. The van der Waals surface area contributed by atoms with E-state index in [4.69, 9.17) is 4.74 Å². The maximum atomic E-state index is 6.62. The van der Waals surface area contributed by atoms with E-state index in [0.717, 1.165) is 39.9 Å². The van der Waals surface area contributed by atoms with Crippen molar-refractivity contribution in [3.05, 3.63) is 169 Å². The van der Waals surface area contributed by atoms with Gasteiger partial charge >= 0.3 is 0 Å². The lowest BCUT2D eigenvalue weighted by molar-refractivity contribution is 0.472. The highest BCUT2D eigenvalue weighted by Crippen LogP contribution is 2.61. The van der Waals surface area contributed by atoms with E-state index in [-0.39, 0.29) is 5.41 Å². The molecule has 2 aliphatic rings. The van der Waals surface area contributed by atoms with Crippen molar-refractivity contribution in [2.75, 3.05) is 9.80 Å². The third kappa shape index (κ3) is 3.98. The maximum absolute atomic E-state index is 6.62. The monoisotopic (exact) mass is 592 g/mol. The van der Waals surface area contributed by atoms with Crippen LogP contribution in [-0.2, 0) is 5.41 Å². The van der Waals surface area contributed by atoms with Crippen molar-refractivity contribution in [1.82, 2.24) is 0 Å². The average Bonchev–Trinajstić information content (AvgIpc) is 3.11. The topological polar surface area (TPSA) is 15.7 Å². The predicted octanol–water partition coefficient (Wildman–Crippen LogP) is 12.2. The molecule has 0 aromatic heterocycles. The molecule has 0 amide bonds. The third-order valence-corrected chi connectivity index (χ3v) is 9.60. The molecule has 3 heteroatoms. The van der Waals surface area contributed by atoms with Crippen LogP contribution in [0.3, 0.4) is 0 Å². The molecule has 2 heterocycles. The predicted molar refractivity (Wildman–Crippen MR) is 191 cm³/mol. The Balaban J connectivity index is 1.20. The number of hydrogen-bond acceptors (Lipinski definition) is 3. The van der Waals surface area contributed by atoms with Gasteiger partial charge in [-0.15, -0.1) is 0 Å². The van der Waals surface area contributed by atoms with Gasteiger partial charge in [0.1, 0.15) is 0 Å². The highest BCUT2D eigenvalue weighted by atomic mass is 16.5. The summed E-state index contributed by atoms with van der Waals surface area (Å²) in [6.45, 7) is 4.65. The van der Waals surface area contributed by atoms with Crippen LogP contribution < -0.4 is 14.5 Å². The molecule has 0 spiro atoms. The van der Waals surface area contributed by atoms with Crippen molar-refractivity contribution in [2.24, 2.45) is 0 Å². The van der Waals surface area contributed by atoms with Crippen LogP contribution in [0.5, 0.6) is 11.5 Å². The van der Waals surface area contributed by atoms with E-state index in [1.807, 2.05) is 0 Å². The molecule has 7 aromatic carbocycles. The number of benzene rings is 7. The number of nitrogens with zero attached hydrogens (tertiary/aromatic N) is 2. The van der Waals surface area contributed by atoms with Crippen LogP contribution >= 0.6 is 0 Å². The van der Waals surface area contributed by atoms with Gasteiger partial charge in [0.05, 0.1) is 17.1 Å². The fraction of sp³-hybridized carbons (Fsp3) is 0.0698. The molecule has 0 saturated carbocycles. The van der Waals surface area contributed by atoms with Crippen molar-refractivity contribution in [3.63, 3.8) is 0 Å². The summed E-state index contributed by atoms with van der Waals surface area (Å²) in [5.41, 5.74) is 11.5. The quantitative estimate of drug-likeness (QED) is 0.202. The zero-order chi connectivity index (χ0) is 30.8. The second-order valence-electron chi connectivity index (χ2n) is 12.6. The molecular formula is C43H32N2O. The molecule has 0 fully saturated rings.